The van der Waals surface area contributed by atoms with Crippen LogP contribution in [0.1, 0.15) is 36.0 Å². The van der Waals surface area contributed by atoms with E-state index in [2.05, 4.69) is 16.9 Å². The van der Waals surface area contributed by atoms with Crippen LogP contribution in [0.25, 0.3) is 0 Å². The minimum absolute atomic E-state index is 0.250. The molecule has 6 nitrogen and oxygen atoms in total. The average Bonchev–Trinajstić information content (AvgIpc) is 2.77. The molecule has 0 spiro atoms. The van der Waals surface area contributed by atoms with Gasteiger partial charge in [0.15, 0.2) is 0 Å². The van der Waals surface area contributed by atoms with E-state index in [4.69, 9.17) is 9.47 Å². The summed E-state index contributed by atoms with van der Waals surface area (Å²) in [6.07, 6.45) is 6.03. The van der Waals surface area contributed by atoms with Crippen LogP contribution in [0, 0.1) is 0 Å². The van der Waals surface area contributed by atoms with E-state index in [1.807, 2.05) is 0 Å². The number of ether oxygens (including phenoxy) is 2. The summed E-state index contributed by atoms with van der Waals surface area (Å²) >= 11 is 0. The Kier molecular flexibility index (Phi) is 3.87. The van der Waals surface area contributed by atoms with E-state index in [1.54, 1.807) is 18.3 Å². The van der Waals surface area contributed by atoms with Crippen molar-refractivity contribution in [3.63, 3.8) is 0 Å². The Labute approximate surface area is 129 Å². The normalized spacial score (nSPS) is 30.8. The Hall–Kier alpha value is -1.95. The topological polar surface area (TPSA) is 68.7 Å². The number of carbonyl (C=O) groups is 2. The monoisotopic (exact) mass is 304 g/mol. The van der Waals surface area contributed by atoms with Crippen LogP contribution in [0.4, 0.5) is 0 Å². The average molecular weight is 304 g/mol. The summed E-state index contributed by atoms with van der Waals surface area (Å²) in [6, 6.07) is 3.79. The maximum Gasteiger partial charge on any atom is 0.350 e. The van der Waals surface area contributed by atoms with E-state index < -0.39 is 17.5 Å². The van der Waals surface area contributed by atoms with Crippen LogP contribution in [-0.2, 0) is 14.3 Å². The highest BCUT2D eigenvalue weighted by Gasteiger charge is 2.54. The zero-order chi connectivity index (χ0) is 15.7. The second-order valence-electron chi connectivity index (χ2n) is 6.08. The maximum absolute atomic E-state index is 12.4. The summed E-state index contributed by atoms with van der Waals surface area (Å²) < 4.78 is 10.6. The van der Waals surface area contributed by atoms with E-state index in [9.17, 15) is 9.59 Å². The number of hydrogen-bond donors (Lipinski definition) is 0. The third kappa shape index (κ3) is 2.47. The van der Waals surface area contributed by atoms with Crippen molar-refractivity contribution >= 4 is 11.9 Å². The van der Waals surface area contributed by atoms with Crippen molar-refractivity contribution in [2.24, 2.45) is 0 Å². The molecule has 0 aliphatic carbocycles. The van der Waals surface area contributed by atoms with E-state index in [1.165, 1.54) is 13.3 Å². The van der Waals surface area contributed by atoms with Gasteiger partial charge in [-0.15, -0.1) is 0 Å². The van der Waals surface area contributed by atoms with Crippen LogP contribution in [0.5, 0.6) is 0 Å². The number of aromatic nitrogens is 1. The van der Waals surface area contributed by atoms with Crippen molar-refractivity contribution in [3.8, 4) is 0 Å². The number of pyridine rings is 1. The fourth-order valence-corrected chi connectivity index (χ4v) is 3.62. The Morgan fingerprint density at radius 3 is 2.55 bits per heavy atom. The fraction of sp³-hybridized carbons (Fsp3) is 0.562. The minimum Gasteiger partial charge on any atom is -0.466 e. The lowest BCUT2D eigenvalue weighted by Gasteiger charge is -2.42. The second-order valence-corrected chi connectivity index (χ2v) is 6.08. The van der Waals surface area contributed by atoms with Gasteiger partial charge in [-0.2, -0.15) is 0 Å². The lowest BCUT2D eigenvalue weighted by molar-refractivity contribution is -0.171. The van der Waals surface area contributed by atoms with Gasteiger partial charge in [0, 0.05) is 37.3 Å². The summed E-state index contributed by atoms with van der Waals surface area (Å²) in [5.74, 6) is -0.989. The first kappa shape index (κ1) is 15.0. The van der Waals surface area contributed by atoms with Crippen molar-refractivity contribution in [3.05, 3.63) is 30.1 Å². The molecule has 1 unspecified atom stereocenters. The number of hydrogen-bond acceptors (Lipinski definition) is 6. The zero-order valence-electron chi connectivity index (χ0n) is 12.8. The number of methoxy groups -OCH3 is 1. The molecule has 2 aliphatic heterocycles. The van der Waals surface area contributed by atoms with E-state index in [-0.39, 0.29) is 12.1 Å². The molecule has 3 atom stereocenters. The Morgan fingerprint density at radius 2 is 2.00 bits per heavy atom. The number of carbonyl (C=O) groups excluding carboxylic acids is 2. The van der Waals surface area contributed by atoms with Gasteiger partial charge in [-0.05, 0) is 32.0 Å². The number of nitrogens with zero attached hydrogens (tertiary/aromatic N) is 2. The van der Waals surface area contributed by atoms with Crippen molar-refractivity contribution in [2.75, 3.05) is 14.2 Å². The molecule has 118 valence electrons. The minimum atomic E-state index is -1.18. The molecular formula is C16H20N2O4. The number of fused-ring (bicyclic) bond motifs is 2. The molecule has 2 bridgehead atoms. The van der Waals surface area contributed by atoms with Crippen molar-refractivity contribution in [1.82, 2.24) is 9.88 Å². The van der Waals surface area contributed by atoms with Crippen LogP contribution >= 0.6 is 0 Å². The number of rotatable bonds is 3. The van der Waals surface area contributed by atoms with Gasteiger partial charge in [-0.25, -0.2) is 9.59 Å². The summed E-state index contributed by atoms with van der Waals surface area (Å²) in [5.41, 5.74) is -0.836. The highest BCUT2D eigenvalue weighted by atomic mass is 16.6. The SMILES string of the molecule is COC(=O)C1(OC(=O)c2cccnc2)C[C@H]2CC[C@@H](C1)N2C. The van der Waals surface area contributed by atoms with Crippen molar-refractivity contribution in [2.45, 2.75) is 43.4 Å². The quantitative estimate of drug-likeness (QED) is 0.786. The smallest absolute Gasteiger partial charge is 0.350 e. The fourth-order valence-electron chi connectivity index (χ4n) is 3.62. The van der Waals surface area contributed by atoms with E-state index >= 15 is 0 Å². The molecule has 3 rings (SSSR count). The first-order valence-electron chi connectivity index (χ1n) is 7.49. The molecular weight excluding hydrogens is 284 g/mol. The standard InChI is InChI=1S/C16H20N2O4/c1-18-12-5-6-13(18)9-16(8-12,15(20)21-2)22-14(19)11-4-3-7-17-10-11/h3-4,7,10,12-13H,5-6,8-9H2,1-2H3/t12-,13+,16?. The molecule has 1 aromatic heterocycles. The van der Waals surface area contributed by atoms with Crippen molar-refractivity contribution < 1.29 is 19.1 Å². The Balaban J connectivity index is 1.85. The molecule has 2 saturated heterocycles. The lowest BCUT2D eigenvalue weighted by Crippen LogP contribution is -2.56. The second kappa shape index (κ2) is 5.68. The zero-order valence-corrected chi connectivity index (χ0v) is 12.8. The van der Waals surface area contributed by atoms with Gasteiger partial charge < -0.3 is 14.4 Å². The highest BCUT2D eigenvalue weighted by Crippen LogP contribution is 2.42. The highest BCUT2D eigenvalue weighted by molar-refractivity contribution is 5.92. The van der Waals surface area contributed by atoms with Crippen LogP contribution in [0.3, 0.4) is 0 Å². The molecule has 2 aliphatic rings. The number of esters is 2. The van der Waals surface area contributed by atoms with Gasteiger partial charge in [-0.3, -0.25) is 4.98 Å². The molecule has 2 fully saturated rings. The van der Waals surface area contributed by atoms with Gasteiger partial charge in [-0.1, -0.05) is 0 Å². The van der Waals surface area contributed by atoms with Crippen LogP contribution in [0.2, 0.25) is 0 Å². The van der Waals surface area contributed by atoms with Crippen molar-refractivity contribution in [1.29, 1.82) is 0 Å². The summed E-state index contributed by atoms with van der Waals surface area (Å²) in [4.78, 5) is 30.9. The molecule has 0 radical (unpaired) electrons. The Morgan fingerprint density at radius 1 is 1.32 bits per heavy atom. The third-order valence-electron chi connectivity index (χ3n) is 4.86. The molecule has 1 aromatic rings. The maximum atomic E-state index is 12.4. The van der Waals surface area contributed by atoms with E-state index in [0.29, 0.717) is 18.4 Å². The number of piperidine rings is 1. The molecule has 0 saturated carbocycles. The molecule has 0 N–H and O–H groups in total. The largest absolute Gasteiger partial charge is 0.466 e. The molecule has 6 heteroatoms. The predicted octanol–water partition coefficient (Wildman–Crippen LogP) is 1.41. The van der Waals surface area contributed by atoms with Gasteiger partial charge in [0.05, 0.1) is 12.7 Å². The third-order valence-corrected chi connectivity index (χ3v) is 4.86. The van der Waals surface area contributed by atoms with E-state index in [0.717, 1.165) is 12.8 Å². The van der Waals surface area contributed by atoms with Crippen LogP contribution in [-0.4, -0.2) is 53.7 Å². The first-order valence-corrected chi connectivity index (χ1v) is 7.49. The predicted molar refractivity (Wildman–Crippen MR) is 78.2 cm³/mol. The lowest BCUT2D eigenvalue weighted by atomic mass is 9.86. The summed E-state index contributed by atoms with van der Waals surface area (Å²) in [5, 5.41) is 0. The summed E-state index contributed by atoms with van der Waals surface area (Å²) in [7, 11) is 3.40. The molecule has 0 amide bonds. The first-order chi connectivity index (χ1) is 10.6. The molecule has 3 heterocycles. The van der Waals surface area contributed by atoms with Gasteiger partial charge >= 0.3 is 11.9 Å². The Bertz CT molecular complexity index is 561. The molecule has 0 aromatic carbocycles. The van der Waals surface area contributed by atoms with Gasteiger partial charge in [0.25, 0.3) is 0 Å². The summed E-state index contributed by atoms with van der Waals surface area (Å²) in [6.45, 7) is 0. The van der Waals surface area contributed by atoms with Crippen LogP contribution < -0.4 is 0 Å². The van der Waals surface area contributed by atoms with Gasteiger partial charge in [0.1, 0.15) is 0 Å². The van der Waals surface area contributed by atoms with Crippen LogP contribution in [0.15, 0.2) is 24.5 Å². The molecule has 22 heavy (non-hydrogen) atoms. The van der Waals surface area contributed by atoms with Gasteiger partial charge in [0.2, 0.25) is 5.60 Å².